The quantitative estimate of drug-likeness (QED) is 0.626. The van der Waals surface area contributed by atoms with Crippen LogP contribution in [-0.2, 0) is 4.74 Å². The first-order chi connectivity index (χ1) is 7.33. The molecule has 1 saturated heterocycles. The second-order valence-corrected chi connectivity index (χ2v) is 4.79. The Hall–Kier alpha value is -0.0800. The van der Waals surface area contributed by atoms with Crippen LogP contribution in [0.2, 0.25) is 0 Å². The van der Waals surface area contributed by atoms with Crippen molar-refractivity contribution < 1.29 is 4.74 Å². The minimum absolute atomic E-state index is 0.489. The maximum Gasteiger partial charge on any atom is 0.0700 e. The van der Waals surface area contributed by atoms with Crippen molar-refractivity contribution in [2.75, 3.05) is 13.2 Å². The topological polar surface area (TPSA) is 21.3 Å². The van der Waals surface area contributed by atoms with Crippen LogP contribution in [0.25, 0.3) is 0 Å². The van der Waals surface area contributed by atoms with E-state index in [9.17, 15) is 0 Å². The predicted molar refractivity (Wildman–Crippen MR) is 65.2 cm³/mol. The van der Waals surface area contributed by atoms with Crippen LogP contribution in [-0.4, -0.2) is 25.3 Å². The van der Waals surface area contributed by atoms with E-state index in [1.54, 1.807) is 0 Å². The molecule has 1 aliphatic heterocycles. The highest BCUT2D eigenvalue weighted by molar-refractivity contribution is 4.70. The van der Waals surface area contributed by atoms with Gasteiger partial charge in [0.1, 0.15) is 0 Å². The predicted octanol–water partition coefficient (Wildman–Crippen LogP) is 3.11. The van der Waals surface area contributed by atoms with Crippen LogP contribution in [0.1, 0.15) is 58.8 Å². The van der Waals surface area contributed by atoms with Crippen molar-refractivity contribution in [2.24, 2.45) is 0 Å². The zero-order valence-electron chi connectivity index (χ0n) is 10.4. The smallest absolute Gasteiger partial charge is 0.0700 e. The van der Waals surface area contributed by atoms with Gasteiger partial charge in [0.15, 0.2) is 0 Å². The lowest BCUT2D eigenvalue weighted by molar-refractivity contribution is 0.107. The van der Waals surface area contributed by atoms with Gasteiger partial charge in [-0.15, -0.1) is 0 Å². The van der Waals surface area contributed by atoms with Crippen molar-refractivity contribution in [3.63, 3.8) is 0 Å². The van der Waals surface area contributed by atoms with Crippen molar-refractivity contribution in [3.8, 4) is 0 Å². The maximum atomic E-state index is 5.58. The van der Waals surface area contributed by atoms with Gasteiger partial charge in [-0.3, -0.25) is 0 Å². The molecule has 1 aliphatic rings. The molecular formula is C13H27NO. The summed E-state index contributed by atoms with van der Waals surface area (Å²) in [6, 6.07) is 0.658. The van der Waals surface area contributed by atoms with Crippen LogP contribution >= 0.6 is 0 Å². The lowest BCUT2D eigenvalue weighted by Gasteiger charge is -2.16. The van der Waals surface area contributed by atoms with Crippen molar-refractivity contribution in [1.29, 1.82) is 0 Å². The van der Waals surface area contributed by atoms with Crippen LogP contribution in [0.4, 0.5) is 0 Å². The lowest BCUT2D eigenvalue weighted by Crippen LogP contribution is -2.33. The Bertz CT molecular complexity index is 143. The molecule has 0 bridgehead atoms. The van der Waals surface area contributed by atoms with Gasteiger partial charge >= 0.3 is 0 Å². The minimum Gasteiger partial charge on any atom is -0.377 e. The van der Waals surface area contributed by atoms with E-state index in [1.165, 1.54) is 44.9 Å². The molecule has 0 aliphatic carbocycles. The zero-order valence-corrected chi connectivity index (χ0v) is 10.4. The van der Waals surface area contributed by atoms with Gasteiger partial charge in [0, 0.05) is 19.2 Å². The van der Waals surface area contributed by atoms with Crippen LogP contribution in [0.15, 0.2) is 0 Å². The van der Waals surface area contributed by atoms with E-state index in [-0.39, 0.29) is 0 Å². The standard InChI is InChI=1S/C13H27NO/c1-3-4-5-6-8-12(2)14-11-13-9-7-10-15-13/h12-14H,3-11H2,1-2H3/t12-,13+/m0/s1. The summed E-state index contributed by atoms with van der Waals surface area (Å²) in [4.78, 5) is 0. The molecule has 1 heterocycles. The summed E-state index contributed by atoms with van der Waals surface area (Å²) >= 11 is 0. The monoisotopic (exact) mass is 213 g/mol. The van der Waals surface area contributed by atoms with Gasteiger partial charge in [-0.2, -0.15) is 0 Å². The van der Waals surface area contributed by atoms with Gasteiger partial charge in [0.05, 0.1) is 6.10 Å². The molecule has 0 saturated carbocycles. The Labute approximate surface area is 94.8 Å². The summed E-state index contributed by atoms with van der Waals surface area (Å²) in [5.74, 6) is 0. The molecule has 0 aromatic heterocycles. The fraction of sp³-hybridized carbons (Fsp3) is 1.00. The largest absolute Gasteiger partial charge is 0.377 e. The molecule has 0 radical (unpaired) electrons. The highest BCUT2D eigenvalue weighted by Crippen LogP contribution is 2.11. The third-order valence-electron chi connectivity index (χ3n) is 3.21. The Morgan fingerprint density at radius 3 is 2.87 bits per heavy atom. The first kappa shape index (κ1) is 13.0. The summed E-state index contributed by atoms with van der Waals surface area (Å²) in [5.41, 5.74) is 0. The van der Waals surface area contributed by atoms with Crippen LogP contribution in [0.3, 0.4) is 0 Å². The van der Waals surface area contributed by atoms with Gasteiger partial charge in [-0.1, -0.05) is 32.6 Å². The summed E-state index contributed by atoms with van der Waals surface area (Å²) in [6.45, 7) is 6.58. The molecule has 2 nitrogen and oxygen atoms in total. The highest BCUT2D eigenvalue weighted by atomic mass is 16.5. The van der Waals surface area contributed by atoms with Crippen LogP contribution in [0, 0.1) is 0 Å². The van der Waals surface area contributed by atoms with E-state index in [0.29, 0.717) is 12.1 Å². The van der Waals surface area contributed by atoms with Crippen molar-refractivity contribution >= 4 is 0 Å². The molecule has 15 heavy (non-hydrogen) atoms. The molecule has 2 atom stereocenters. The van der Waals surface area contributed by atoms with Crippen LogP contribution in [0.5, 0.6) is 0 Å². The van der Waals surface area contributed by atoms with Crippen LogP contribution < -0.4 is 5.32 Å². The zero-order chi connectivity index (χ0) is 10.9. The Kier molecular flexibility index (Phi) is 7.03. The van der Waals surface area contributed by atoms with Gasteiger partial charge in [-0.25, -0.2) is 0 Å². The maximum absolute atomic E-state index is 5.58. The average molecular weight is 213 g/mol. The molecule has 0 spiro atoms. The lowest BCUT2D eigenvalue weighted by atomic mass is 10.1. The molecule has 0 amide bonds. The van der Waals surface area contributed by atoms with Gasteiger partial charge in [-0.05, 0) is 26.2 Å². The number of ether oxygens (including phenoxy) is 1. The van der Waals surface area contributed by atoms with Crippen molar-refractivity contribution in [3.05, 3.63) is 0 Å². The Morgan fingerprint density at radius 1 is 1.33 bits per heavy atom. The molecule has 0 aromatic carbocycles. The summed E-state index contributed by atoms with van der Waals surface area (Å²) < 4.78 is 5.58. The second-order valence-electron chi connectivity index (χ2n) is 4.79. The van der Waals surface area contributed by atoms with E-state index in [2.05, 4.69) is 19.2 Å². The fourth-order valence-electron chi connectivity index (χ4n) is 2.12. The normalized spacial score (nSPS) is 23.2. The number of unbranched alkanes of at least 4 members (excludes halogenated alkanes) is 3. The third kappa shape index (κ3) is 6.16. The number of nitrogens with one attached hydrogen (secondary N) is 1. The first-order valence-electron chi connectivity index (χ1n) is 6.68. The Morgan fingerprint density at radius 2 is 2.20 bits per heavy atom. The van der Waals surface area contributed by atoms with Gasteiger partial charge in [0.25, 0.3) is 0 Å². The van der Waals surface area contributed by atoms with E-state index in [1.807, 2.05) is 0 Å². The summed E-state index contributed by atoms with van der Waals surface area (Å²) in [6.07, 6.45) is 9.77. The Balaban J connectivity index is 1.90. The molecule has 1 N–H and O–H groups in total. The SMILES string of the molecule is CCCCCC[C@H](C)NC[C@H]1CCCO1. The number of hydrogen-bond acceptors (Lipinski definition) is 2. The van der Waals surface area contributed by atoms with Gasteiger partial charge < -0.3 is 10.1 Å². The summed E-state index contributed by atoms with van der Waals surface area (Å²) in [5, 5.41) is 3.58. The van der Waals surface area contributed by atoms with Crippen molar-refractivity contribution in [1.82, 2.24) is 5.32 Å². The second kappa shape index (κ2) is 8.12. The average Bonchev–Trinajstić information content (AvgIpc) is 2.74. The van der Waals surface area contributed by atoms with E-state index in [4.69, 9.17) is 4.74 Å². The third-order valence-corrected chi connectivity index (χ3v) is 3.21. The van der Waals surface area contributed by atoms with E-state index in [0.717, 1.165) is 13.2 Å². The molecule has 0 unspecified atom stereocenters. The molecule has 0 aromatic rings. The molecule has 1 rings (SSSR count). The molecule has 2 heteroatoms. The van der Waals surface area contributed by atoms with Crippen molar-refractivity contribution in [2.45, 2.75) is 70.9 Å². The molecular weight excluding hydrogens is 186 g/mol. The molecule has 90 valence electrons. The molecule has 1 fully saturated rings. The minimum atomic E-state index is 0.489. The van der Waals surface area contributed by atoms with Gasteiger partial charge in [0.2, 0.25) is 0 Å². The number of rotatable bonds is 8. The van der Waals surface area contributed by atoms with E-state index < -0.39 is 0 Å². The first-order valence-corrected chi connectivity index (χ1v) is 6.68. The van der Waals surface area contributed by atoms with E-state index >= 15 is 0 Å². The summed E-state index contributed by atoms with van der Waals surface area (Å²) in [7, 11) is 0. The highest BCUT2D eigenvalue weighted by Gasteiger charge is 2.15. The number of hydrogen-bond donors (Lipinski definition) is 1. The fourth-order valence-corrected chi connectivity index (χ4v) is 2.12.